The molecule has 0 saturated heterocycles. The van der Waals surface area contributed by atoms with Crippen molar-refractivity contribution in [2.45, 2.75) is 6.92 Å². The molecule has 100 valence electrons. The standard InChI is InChI=1S/C11H9BrClFN4O/c1-2-19-11-17-9(16-10(15)18-11)5-3-4-6(12)7(13)8(5)14/h3-4H,2H2,1H3,(H2,15,16,17,18). The molecule has 2 aromatic rings. The fraction of sp³-hybridized carbons (Fsp3) is 0.182. The van der Waals surface area contributed by atoms with Gasteiger partial charge in [0, 0.05) is 4.47 Å². The number of rotatable bonds is 3. The molecule has 0 aliphatic rings. The van der Waals surface area contributed by atoms with Crippen molar-refractivity contribution in [1.82, 2.24) is 15.0 Å². The number of aromatic nitrogens is 3. The van der Waals surface area contributed by atoms with Gasteiger partial charge in [0.15, 0.2) is 11.6 Å². The Bertz CT molecular complexity index is 626. The monoisotopic (exact) mass is 346 g/mol. The van der Waals surface area contributed by atoms with E-state index in [9.17, 15) is 4.39 Å². The van der Waals surface area contributed by atoms with Gasteiger partial charge in [-0.3, -0.25) is 0 Å². The molecule has 1 aromatic carbocycles. The molecule has 2 N–H and O–H groups in total. The molecule has 0 bridgehead atoms. The lowest BCUT2D eigenvalue weighted by Gasteiger charge is -2.07. The minimum absolute atomic E-state index is 0.0449. The van der Waals surface area contributed by atoms with E-state index in [1.165, 1.54) is 6.07 Å². The average Bonchev–Trinajstić information content (AvgIpc) is 2.36. The number of halogens is 3. The highest BCUT2D eigenvalue weighted by molar-refractivity contribution is 9.10. The maximum atomic E-state index is 14.1. The van der Waals surface area contributed by atoms with Crippen molar-refractivity contribution in [3.05, 3.63) is 27.4 Å². The first-order chi connectivity index (χ1) is 9.02. The number of anilines is 1. The molecular formula is C11H9BrClFN4O. The lowest BCUT2D eigenvalue weighted by atomic mass is 10.2. The number of nitrogens with zero attached hydrogens (tertiary/aromatic N) is 3. The third-order valence-electron chi connectivity index (χ3n) is 2.18. The molecule has 1 heterocycles. The minimum Gasteiger partial charge on any atom is -0.464 e. The summed E-state index contributed by atoms with van der Waals surface area (Å²) in [5.41, 5.74) is 5.67. The Morgan fingerprint density at radius 2 is 2.11 bits per heavy atom. The maximum Gasteiger partial charge on any atom is 0.321 e. The molecular weight excluding hydrogens is 339 g/mol. The molecule has 8 heteroatoms. The Hall–Kier alpha value is -1.47. The van der Waals surface area contributed by atoms with E-state index < -0.39 is 5.82 Å². The lowest BCUT2D eigenvalue weighted by Crippen LogP contribution is -2.05. The largest absolute Gasteiger partial charge is 0.464 e. The molecule has 1 aromatic heterocycles. The van der Waals surface area contributed by atoms with Crippen molar-refractivity contribution in [2.24, 2.45) is 0 Å². The topological polar surface area (TPSA) is 73.9 Å². The van der Waals surface area contributed by atoms with Crippen LogP contribution in [0.3, 0.4) is 0 Å². The third kappa shape index (κ3) is 2.93. The van der Waals surface area contributed by atoms with Crippen molar-refractivity contribution in [1.29, 1.82) is 0 Å². The maximum absolute atomic E-state index is 14.1. The molecule has 0 spiro atoms. The van der Waals surface area contributed by atoms with Crippen molar-refractivity contribution >= 4 is 33.5 Å². The molecule has 5 nitrogen and oxygen atoms in total. The number of ether oxygens (including phenoxy) is 1. The first-order valence-corrected chi connectivity index (χ1v) is 6.48. The average molecular weight is 348 g/mol. The summed E-state index contributed by atoms with van der Waals surface area (Å²) in [6.45, 7) is 2.14. The van der Waals surface area contributed by atoms with E-state index in [1.807, 2.05) is 0 Å². The zero-order chi connectivity index (χ0) is 14.0. The van der Waals surface area contributed by atoms with Crippen LogP contribution >= 0.6 is 27.5 Å². The highest BCUT2D eigenvalue weighted by atomic mass is 79.9. The van der Waals surface area contributed by atoms with Crippen molar-refractivity contribution < 1.29 is 9.13 Å². The van der Waals surface area contributed by atoms with Gasteiger partial charge >= 0.3 is 6.01 Å². The Morgan fingerprint density at radius 3 is 2.79 bits per heavy atom. The zero-order valence-electron chi connectivity index (χ0n) is 9.82. The van der Waals surface area contributed by atoms with Crippen molar-refractivity contribution in [3.8, 4) is 17.4 Å². The molecule has 2 rings (SSSR count). The number of benzene rings is 1. The van der Waals surface area contributed by atoms with Gasteiger partial charge in [0.05, 0.1) is 17.2 Å². The minimum atomic E-state index is -0.635. The van der Waals surface area contributed by atoms with Gasteiger partial charge in [-0.25, -0.2) is 4.39 Å². The second-order valence-electron chi connectivity index (χ2n) is 3.46. The smallest absolute Gasteiger partial charge is 0.321 e. The quantitative estimate of drug-likeness (QED) is 0.864. The van der Waals surface area contributed by atoms with Gasteiger partial charge in [-0.1, -0.05) is 11.6 Å². The number of nitrogens with two attached hydrogens (primary N) is 1. The van der Waals surface area contributed by atoms with Crippen molar-refractivity contribution in [2.75, 3.05) is 12.3 Å². The van der Waals surface area contributed by atoms with Crippen molar-refractivity contribution in [3.63, 3.8) is 0 Å². The van der Waals surface area contributed by atoms with Gasteiger partial charge in [0.2, 0.25) is 5.95 Å². The van der Waals surface area contributed by atoms with Crippen LogP contribution < -0.4 is 10.5 Å². The van der Waals surface area contributed by atoms with Crippen LogP contribution in [0.4, 0.5) is 10.3 Å². The van der Waals surface area contributed by atoms with Crippen LogP contribution in [-0.2, 0) is 0 Å². The second-order valence-corrected chi connectivity index (χ2v) is 4.69. The van der Waals surface area contributed by atoms with Crippen LogP contribution in [0.1, 0.15) is 6.92 Å². The van der Waals surface area contributed by atoms with Crippen LogP contribution in [0.25, 0.3) is 11.4 Å². The summed E-state index contributed by atoms with van der Waals surface area (Å²) in [7, 11) is 0. The predicted molar refractivity (Wildman–Crippen MR) is 73.5 cm³/mol. The summed E-state index contributed by atoms with van der Waals surface area (Å²) >= 11 is 8.95. The van der Waals surface area contributed by atoms with Crippen LogP contribution in [-0.4, -0.2) is 21.6 Å². The highest BCUT2D eigenvalue weighted by Gasteiger charge is 2.16. The Labute approximate surface area is 122 Å². The van der Waals surface area contributed by atoms with Gasteiger partial charge in [-0.15, -0.1) is 0 Å². The summed E-state index contributed by atoms with van der Waals surface area (Å²) in [6, 6.07) is 3.14. The van der Waals surface area contributed by atoms with Crippen LogP contribution in [0, 0.1) is 5.82 Å². The Morgan fingerprint density at radius 1 is 1.37 bits per heavy atom. The normalized spacial score (nSPS) is 10.5. The van der Waals surface area contributed by atoms with E-state index in [-0.39, 0.29) is 28.4 Å². The molecule has 0 unspecified atom stereocenters. The first-order valence-electron chi connectivity index (χ1n) is 5.31. The molecule has 19 heavy (non-hydrogen) atoms. The summed E-state index contributed by atoms with van der Waals surface area (Å²) < 4.78 is 19.6. The molecule has 0 aliphatic carbocycles. The van der Waals surface area contributed by atoms with E-state index in [2.05, 4.69) is 30.9 Å². The number of hydrogen-bond donors (Lipinski definition) is 1. The number of nitrogen functional groups attached to an aromatic ring is 1. The van der Waals surface area contributed by atoms with Crippen LogP contribution in [0.15, 0.2) is 16.6 Å². The highest BCUT2D eigenvalue weighted by Crippen LogP contribution is 2.32. The zero-order valence-corrected chi connectivity index (χ0v) is 12.2. The van der Waals surface area contributed by atoms with Crippen LogP contribution in [0.2, 0.25) is 5.02 Å². The molecule has 0 fully saturated rings. The first kappa shape index (κ1) is 14.0. The fourth-order valence-electron chi connectivity index (χ4n) is 1.38. The lowest BCUT2D eigenvalue weighted by molar-refractivity contribution is 0.312. The van der Waals surface area contributed by atoms with Gasteiger partial charge in [-0.05, 0) is 35.0 Å². The Balaban J connectivity index is 2.55. The fourth-order valence-corrected chi connectivity index (χ4v) is 1.86. The van der Waals surface area contributed by atoms with Gasteiger partial charge in [0.25, 0.3) is 0 Å². The summed E-state index contributed by atoms with van der Waals surface area (Å²) in [4.78, 5) is 11.7. The Kier molecular flexibility index (Phi) is 4.16. The molecule has 0 atom stereocenters. The van der Waals surface area contributed by atoms with E-state index in [0.717, 1.165) is 0 Å². The van der Waals surface area contributed by atoms with Gasteiger partial charge in [0.1, 0.15) is 0 Å². The van der Waals surface area contributed by atoms with Gasteiger partial charge < -0.3 is 10.5 Å². The SMILES string of the molecule is CCOc1nc(N)nc(-c2ccc(Br)c(Cl)c2F)n1. The summed E-state index contributed by atoms with van der Waals surface area (Å²) in [5.74, 6) is -0.612. The second kappa shape index (κ2) is 5.66. The van der Waals surface area contributed by atoms with E-state index >= 15 is 0 Å². The van der Waals surface area contributed by atoms with E-state index in [4.69, 9.17) is 22.1 Å². The van der Waals surface area contributed by atoms with E-state index in [0.29, 0.717) is 11.1 Å². The molecule has 0 saturated carbocycles. The summed E-state index contributed by atoms with van der Waals surface area (Å²) in [6.07, 6.45) is 0. The van der Waals surface area contributed by atoms with Gasteiger partial charge in [-0.2, -0.15) is 15.0 Å². The molecule has 0 amide bonds. The van der Waals surface area contributed by atoms with Crippen LogP contribution in [0.5, 0.6) is 6.01 Å². The third-order valence-corrected chi connectivity index (χ3v) is 3.44. The number of hydrogen-bond acceptors (Lipinski definition) is 5. The summed E-state index contributed by atoms with van der Waals surface area (Å²) in [5, 5.41) is -0.0468. The van der Waals surface area contributed by atoms with E-state index in [1.54, 1.807) is 13.0 Å². The predicted octanol–water partition coefficient (Wildman–Crippen LogP) is 3.07. The molecule has 0 radical (unpaired) electrons. The molecule has 0 aliphatic heterocycles.